The van der Waals surface area contributed by atoms with Crippen molar-refractivity contribution in [3.05, 3.63) is 35.9 Å². The zero-order valence-corrected chi connectivity index (χ0v) is 19.6. The molecule has 1 aromatic rings. The Bertz CT molecular complexity index is 705. The van der Waals surface area contributed by atoms with Gasteiger partial charge in [0, 0.05) is 6.42 Å². The molecular formula is C24H39NO9. The Kier molecular flexibility index (Phi) is 12.4. The van der Waals surface area contributed by atoms with E-state index in [1.807, 2.05) is 18.2 Å². The molecular weight excluding hydrogens is 446 g/mol. The Labute approximate surface area is 200 Å². The normalized spacial score (nSPS) is 27.7. The number of unbranched alkanes of at least 4 members (excludes halogenated alkanes) is 2. The third-order valence-electron chi connectivity index (χ3n) is 6.00. The first kappa shape index (κ1) is 28.6. The summed E-state index contributed by atoms with van der Waals surface area (Å²) in [6.45, 7) is 0.892. The van der Waals surface area contributed by atoms with Gasteiger partial charge in [-0.15, -0.1) is 0 Å². The van der Waals surface area contributed by atoms with E-state index in [1.165, 1.54) is 5.56 Å². The van der Waals surface area contributed by atoms with Gasteiger partial charge in [-0.25, -0.2) is 0 Å². The molecule has 10 nitrogen and oxygen atoms in total. The largest absolute Gasteiger partial charge is 0.460 e. The SMILES string of the molecule is CCC(OC(=O)CCCCCc1ccccc1)C(O)C(N)COC1OC(CO)C(O)C(O)C1O. The van der Waals surface area contributed by atoms with Gasteiger partial charge in [-0.1, -0.05) is 43.7 Å². The van der Waals surface area contributed by atoms with Gasteiger partial charge in [0.1, 0.15) is 36.6 Å². The van der Waals surface area contributed by atoms with E-state index in [-0.39, 0.29) is 13.0 Å². The Balaban J connectivity index is 1.71. The molecule has 194 valence electrons. The van der Waals surface area contributed by atoms with Crippen LogP contribution in [0.4, 0.5) is 0 Å². The molecule has 0 bridgehead atoms. The average Bonchev–Trinajstić information content (AvgIpc) is 2.85. The van der Waals surface area contributed by atoms with Crippen molar-refractivity contribution in [2.45, 2.75) is 94.4 Å². The number of carbonyl (C=O) groups excluding carboxylic acids is 1. The average molecular weight is 486 g/mol. The topological polar surface area (TPSA) is 172 Å². The fourth-order valence-electron chi connectivity index (χ4n) is 3.83. The van der Waals surface area contributed by atoms with Gasteiger partial charge >= 0.3 is 5.97 Å². The lowest BCUT2D eigenvalue weighted by molar-refractivity contribution is -0.302. The van der Waals surface area contributed by atoms with Crippen LogP contribution in [0.5, 0.6) is 0 Å². The van der Waals surface area contributed by atoms with Crippen LogP contribution in [-0.4, -0.2) is 93.7 Å². The Morgan fingerprint density at radius 2 is 1.79 bits per heavy atom. The highest BCUT2D eigenvalue weighted by atomic mass is 16.7. The van der Waals surface area contributed by atoms with E-state index in [0.29, 0.717) is 12.8 Å². The minimum Gasteiger partial charge on any atom is -0.460 e. The van der Waals surface area contributed by atoms with E-state index in [2.05, 4.69) is 12.1 Å². The Hall–Kier alpha value is -1.63. The summed E-state index contributed by atoms with van der Waals surface area (Å²) in [6.07, 6.45) is -5.08. The third-order valence-corrected chi connectivity index (χ3v) is 6.00. The number of carbonyl (C=O) groups is 1. The van der Waals surface area contributed by atoms with Crippen LogP contribution in [0.15, 0.2) is 30.3 Å². The van der Waals surface area contributed by atoms with Crippen LogP contribution in [0.25, 0.3) is 0 Å². The number of aryl methyl sites for hydroxylation is 1. The zero-order valence-electron chi connectivity index (χ0n) is 19.6. The molecule has 1 aliphatic heterocycles. The number of nitrogens with two attached hydrogens (primary N) is 1. The van der Waals surface area contributed by atoms with Crippen molar-refractivity contribution in [1.82, 2.24) is 0 Å². The summed E-state index contributed by atoms with van der Waals surface area (Å²) in [6, 6.07) is 9.16. The number of benzene rings is 1. The van der Waals surface area contributed by atoms with Gasteiger partial charge in [0.25, 0.3) is 0 Å². The quantitative estimate of drug-likeness (QED) is 0.151. The number of esters is 1. The van der Waals surface area contributed by atoms with E-state index in [1.54, 1.807) is 6.92 Å². The van der Waals surface area contributed by atoms with Gasteiger partial charge in [-0.3, -0.25) is 4.79 Å². The monoisotopic (exact) mass is 485 g/mol. The summed E-state index contributed by atoms with van der Waals surface area (Å²) < 4.78 is 16.0. The van der Waals surface area contributed by atoms with Crippen LogP contribution in [0.3, 0.4) is 0 Å². The highest BCUT2D eigenvalue weighted by Crippen LogP contribution is 2.22. The van der Waals surface area contributed by atoms with Crippen molar-refractivity contribution in [3.63, 3.8) is 0 Å². The summed E-state index contributed by atoms with van der Waals surface area (Å²) in [5.41, 5.74) is 7.25. The molecule has 10 heteroatoms. The maximum atomic E-state index is 12.2. The molecule has 8 atom stereocenters. The highest BCUT2D eigenvalue weighted by molar-refractivity contribution is 5.69. The van der Waals surface area contributed by atoms with Gasteiger partial charge in [-0.2, -0.15) is 0 Å². The molecule has 0 amide bonds. The Morgan fingerprint density at radius 1 is 1.09 bits per heavy atom. The molecule has 0 aliphatic carbocycles. The number of rotatable bonds is 14. The van der Waals surface area contributed by atoms with Crippen molar-refractivity contribution in [3.8, 4) is 0 Å². The van der Waals surface area contributed by atoms with Crippen molar-refractivity contribution in [2.75, 3.05) is 13.2 Å². The lowest BCUT2D eigenvalue weighted by Gasteiger charge is -2.40. The van der Waals surface area contributed by atoms with Crippen LogP contribution < -0.4 is 5.73 Å². The molecule has 1 fully saturated rings. The van der Waals surface area contributed by atoms with Gasteiger partial charge in [-0.05, 0) is 31.2 Å². The van der Waals surface area contributed by atoms with Crippen molar-refractivity contribution in [2.24, 2.45) is 5.73 Å². The molecule has 0 radical (unpaired) electrons. The van der Waals surface area contributed by atoms with Crippen LogP contribution in [0.1, 0.15) is 44.6 Å². The first-order valence-electron chi connectivity index (χ1n) is 11.9. The fraction of sp³-hybridized carbons (Fsp3) is 0.708. The highest BCUT2D eigenvalue weighted by Gasteiger charge is 2.44. The molecule has 8 unspecified atom stereocenters. The van der Waals surface area contributed by atoms with E-state index >= 15 is 0 Å². The van der Waals surface area contributed by atoms with Crippen molar-refractivity contribution in [1.29, 1.82) is 0 Å². The predicted molar refractivity (Wildman–Crippen MR) is 122 cm³/mol. The lowest BCUT2D eigenvalue weighted by atomic mass is 9.99. The zero-order chi connectivity index (χ0) is 25.1. The molecule has 7 N–H and O–H groups in total. The molecule has 1 heterocycles. The third kappa shape index (κ3) is 8.54. The second-order valence-electron chi connectivity index (χ2n) is 8.67. The molecule has 0 spiro atoms. The minimum atomic E-state index is -1.57. The molecule has 2 rings (SSSR count). The summed E-state index contributed by atoms with van der Waals surface area (Å²) in [4.78, 5) is 12.2. The van der Waals surface area contributed by atoms with Crippen LogP contribution in [0.2, 0.25) is 0 Å². The summed E-state index contributed by atoms with van der Waals surface area (Å²) in [5.74, 6) is -0.410. The van der Waals surface area contributed by atoms with E-state index in [4.69, 9.17) is 19.9 Å². The Morgan fingerprint density at radius 3 is 2.44 bits per heavy atom. The first-order chi connectivity index (χ1) is 16.3. The second kappa shape index (κ2) is 14.7. The summed E-state index contributed by atoms with van der Waals surface area (Å²) in [5, 5.41) is 49.4. The summed E-state index contributed by atoms with van der Waals surface area (Å²) >= 11 is 0. The number of ether oxygens (including phenoxy) is 3. The van der Waals surface area contributed by atoms with Gasteiger partial charge in [0.2, 0.25) is 0 Å². The maximum absolute atomic E-state index is 12.2. The van der Waals surface area contributed by atoms with Crippen molar-refractivity contribution >= 4 is 5.97 Å². The maximum Gasteiger partial charge on any atom is 0.306 e. The number of aliphatic hydroxyl groups is 5. The first-order valence-corrected chi connectivity index (χ1v) is 11.9. The van der Waals surface area contributed by atoms with Crippen LogP contribution in [-0.2, 0) is 25.4 Å². The predicted octanol–water partition coefficient (Wildman–Crippen LogP) is -0.384. The fourth-order valence-corrected chi connectivity index (χ4v) is 3.83. The van der Waals surface area contributed by atoms with Crippen molar-refractivity contribution < 1.29 is 44.5 Å². The van der Waals surface area contributed by atoms with E-state index in [0.717, 1.165) is 19.3 Å². The van der Waals surface area contributed by atoms with Crippen LogP contribution in [0, 0.1) is 0 Å². The van der Waals surface area contributed by atoms with E-state index < -0.39 is 61.5 Å². The number of hydrogen-bond acceptors (Lipinski definition) is 10. The standard InChI is InChI=1S/C24H39NO9/c1-2-17(33-19(27)12-8-4-7-11-15-9-5-3-6-10-15)20(28)16(25)14-32-24-23(31)22(30)21(29)18(13-26)34-24/h3,5-6,9-10,16-18,20-24,26,28-31H,2,4,7-8,11-14,25H2,1H3. The molecule has 1 aromatic carbocycles. The second-order valence-corrected chi connectivity index (χ2v) is 8.67. The van der Waals surface area contributed by atoms with Gasteiger partial charge in [0.15, 0.2) is 6.29 Å². The van der Waals surface area contributed by atoms with Crippen LogP contribution >= 0.6 is 0 Å². The molecule has 34 heavy (non-hydrogen) atoms. The molecule has 0 aromatic heterocycles. The smallest absolute Gasteiger partial charge is 0.306 e. The minimum absolute atomic E-state index is 0.245. The van der Waals surface area contributed by atoms with Gasteiger partial charge < -0.3 is 45.5 Å². The molecule has 1 aliphatic rings. The van der Waals surface area contributed by atoms with E-state index in [9.17, 15) is 30.3 Å². The summed E-state index contributed by atoms with van der Waals surface area (Å²) in [7, 11) is 0. The molecule has 1 saturated heterocycles. The number of aliphatic hydroxyl groups excluding tert-OH is 5. The molecule has 0 saturated carbocycles. The lowest BCUT2D eigenvalue weighted by Crippen LogP contribution is -2.60. The van der Waals surface area contributed by atoms with Gasteiger partial charge in [0.05, 0.1) is 19.3 Å². The number of hydrogen-bond donors (Lipinski definition) is 6.